The van der Waals surface area contributed by atoms with Gasteiger partial charge in [-0.3, -0.25) is 9.80 Å². The zero-order chi connectivity index (χ0) is 19.2. The van der Waals surface area contributed by atoms with Crippen LogP contribution in [0.4, 0.5) is 0 Å². The van der Waals surface area contributed by atoms with Crippen molar-refractivity contribution in [2.75, 3.05) is 39.8 Å². The highest BCUT2D eigenvalue weighted by molar-refractivity contribution is 5.14. The Labute approximate surface area is 170 Å². The van der Waals surface area contributed by atoms with Crippen LogP contribution in [0.3, 0.4) is 0 Å². The molecule has 2 fully saturated rings. The van der Waals surface area contributed by atoms with Gasteiger partial charge in [0.1, 0.15) is 5.76 Å². The summed E-state index contributed by atoms with van der Waals surface area (Å²) >= 11 is 0. The second-order valence-electron chi connectivity index (χ2n) is 8.59. The van der Waals surface area contributed by atoms with Crippen LogP contribution in [0.1, 0.15) is 37.0 Å². The second-order valence-corrected chi connectivity index (χ2v) is 8.59. The normalized spacial score (nSPS) is 22.7. The summed E-state index contributed by atoms with van der Waals surface area (Å²) < 4.78 is 5.52. The zero-order valence-corrected chi connectivity index (χ0v) is 17.3. The highest BCUT2D eigenvalue weighted by atomic mass is 16.3. The van der Waals surface area contributed by atoms with E-state index in [9.17, 15) is 0 Å². The average molecular weight is 382 g/mol. The van der Waals surface area contributed by atoms with Gasteiger partial charge in [0.25, 0.3) is 0 Å². The Morgan fingerprint density at radius 2 is 1.82 bits per heavy atom. The third-order valence-electron chi connectivity index (χ3n) is 6.68. The summed E-state index contributed by atoms with van der Waals surface area (Å²) in [4.78, 5) is 7.94. The number of likely N-dealkylation sites (N-methyl/N-ethyl adjacent to an activating group) is 1. The molecule has 1 atom stereocenters. The van der Waals surface area contributed by atoms with E-state index in [-0.39, 0.29) is 0 Å². The quantitative estimate of drug-likeness (QED) is 0.726. The fourth-order valence-electron chi connectivity index (χ4n) is 4.87. The Morgan fingerprint density at radius 1 is 1.00 bits per heavy atom. The molecule has 2 aliphatic rings. The van der Waals surface area contributed by atoms with Crippen LogP contribution in [0, 0.1) is 0 Å². The lowest BCUT2D eigenvalue weighted by Crippen LogP contribution is -2.53. The Kier molecular flexibility index (Phi) is 6.84. The van der Waals surface area contributed by atoms with E-state index < -0.39 is 0 Å². The molecule has 0 bridgehead atoms. The number of hydrogen-bond donors (Lipinski definition) is 0. The van der Waals surface area contributed by atoms with Crippen molar-refractivity contribution >= 4 is 0 Å². The molecule has 4 heteroatoms. The third-order valence-corrected chi connectivity index (χ3v) is 6.68. The number of hydrogen-bond acceptors (Lipinski definition) is 4. The van der Waals surface area contributed by atoms with Gasteiger partial charge in [-0.2, -0.15) is 0 Å². The molecule has 0 amide bonds. The molecule has 1 aromatic carbocycles. The van der Waals surface area contributed by atoms with Gasteiger partial charge in [0.05, 0.1) is 12.8 Å². The Hall–Kier alpha value is -1.62. The smallest absolute Gasteiger partial charge is 0.117 e. The van der Waals surface area contributed by atoms with Crippen LogP contribution >= 0.6 is 0 Å². The van der Waals surface area contributed by atoms with Gasteiger partial charge in [-0.25, -0.2) is 0 Å². The van der Waals surface area contributed by atoms with Crippen molar-refractivity contribution in [2.24, 2.45) is 0 Å². The molecule has 4 rings (SSSR count). The molecule has 2 aromatic rings. The minimum absolute atomic E-state index is 0.707. The van der Waals surface area contributed by atoms with Crippen molar-refractivity contribution in [1.82, 2.24) is 14.7 Å². The fraction of sp³-hybridized carbons (Fsp3) is 0.583. The van der Waals surface area contributed by atoms with Crippen molar-refractivity contribution < 1.29 is 4.42 Å². The van der Waals surface area contributed by atoms with Crippen LogP contribution in [0.15, 0.2) is 53.1 Å². The topological polar surface area (TPSA) is 22.9 Å². The summed E-state index contributed by atoms with van der Waals surface area (Å²) in [7, 11) is 2.32. The van der Waals surface area contributed by atoms with Crippen LogP contribution in [0.25, 0.3) is 0 Å². The molecule has 1 unspecified atom stereocenters. The summed E-state index contributed by atoms with van der Waals surface area (Å²) in [5.41, 5.74) is 1.45. The van der Waals surface area contributed by atoms with Crippen LogP contribution < -0.4 is 0 Å². The predicted molar refractivity (Wildman–Crippen MR) is 114 cm³/mol. The van der Waals surface area contributed by atoms with E-state index in [1.807, 2.05) is 6.07 Å². The molecule has 2 saturated heterocycles. The summed E-state index contributed by atoms with van der Waals surface area (Å²) in [6.45, 7) is 7.03. The first-order chi connectivity index (χ1) is 13.8. The lowest BCUT2D eigenvalue weighted by atomic mass is 9.97. The lowest BCUT2D eigenvalue weighted by molar-refractivity contribution is 0.0494. The van der Waals surface area contributed by atoms with E-state index in [2.05, 4.69) is 58.1 Å². The van der Waals surface area contributed by atoms with E-state index in [0.29, 0.717) is 6.04 Å². The predicted octanol–water partition coefficient (Wildman–Crippen LogP) is 3.88. The SMILES string of the molecule is CN(CCc1ccccc1)C1CCCN(C2CCN(Cc3ccco3)CC2)C1. The zero-order valence-electron chi connectivity index (χ0n) is 17.3. The highest BCUT2D eigenvalue weighted by Gasteiger charge is 2.30. The number of benzene rings is 1. The monoisotopic (exact) mass is 381 g/mol. The molecular formula is C24H35N3O. The van der Waals surface area contributed by atoms with E-state index >= 15 is 0 Å². The van der Waals surface area contributed by atoms with Crippen LogP contribution in [0.5, 0.6) is 0 Å². The molecular weight excluding hydrogens is 346 g/mol. The van der Waals surface area contributed by atoms with Crippen LogP contribution in [-0.2, 0) is 13.0 Å². The van der Waals surface area contributed by atoms with Crippen LogP contribution in [-0.4, -0.2) is 66.6 Å². The van der Waals surface area contributed by atoms with E-state index in [1.165, 1.54) is 57.4 Å². The first-order valence-corrected chi connectivity index (χ1v) is 11.0. The minimum atomic E-state index is 0.707. The van der Waals surface area contributed by atoms with Gasteiger partial charge >= 0.3 is 0 Å². The summed E-state index contributed by atoms with van der Waals surface area (Å²) in [5.74, 6) is 1.09. The molecule has 0 radical (unpaired) electrons. The Balaban J connectivity index is 1.22. The molecule has 3 heterocycles. The third kappa shape index (κ3) is 5.25. The molecule has 28 heavy (non-hydrogen) atoms. The number of piperidine rings is 2. The van der Waals surface area contributed by atoms with Crippen molar-refractivity contribution in [3.05, 3.63) is 60.1 Å². The fourth-order valence-corrected chi connectivity index (χ4v) is 4.87. The number of likely N-dealkylation sites (tertiary alicyclic amines) is 2. The van der Waals surface area contributed by atoms with Crippen molar-refractivity contribution in [1.29, 1.82) is 0 Å². The number of furan rings is 1. The lowest BCUT2D eigenvalue weighted by Gasteiger charge is -2.44. The largest absolute Gasteiger partial charge is 0.468 e. The van der Waals surface area contributed by atoms with Gasteiger partial charge in [0.15, 0.2) is 0 Å². The van der Waals surface area contributed by atoms with Gasteiger partial charge in [0.2, 0.25) is 0 Å². The van der Waals surface area contributed by atoms with Gasteiger partial charge in [-0.05, 0) is 63.4 Å². The minimum Gasteiger partial charge on any atom is -0.468 e. The Morgan fingerprint density at radius 3 is 2.57 bits per heavy atom. The van der Waals surface area contributed by atoms with Gasteiger partial charge < -0.3 is 9.32 Å². The highest BCUT2D eigenvalue weighted by Crippen LogP contribution is 2.24. The first kappa shape index (κ1) is 19.7. The molecule has 0 N–H and O–H groups in total. The molecule has 1 aromatic heterocycles. The molecule has 0 saturated carbocycles. The van der Waals surface area contributed by atoms with Crippen molar-refractivity contribution in [3.8, 4) is 0 Å². The first-order valence-electron chi connectivity index (χ1n) is 11.0. The van der Waals surface area contributed by atoms with Gasteiger partial charge in [-0.1, -0.05) is 30.3 Å². The molecule has 152 valence electrons. The number of rotatable bonds is 7. The van der Waals surface area contributed by atoms with Crippen molar-refractivity contribution in [3.63, 3.8) is 0 Å². The molecule has 0 aliphatic carbocycles. The maximum Gasteiger partial charge on any atom is 0.117 e. The Bertz CT molecular complexity index is 679. The van der Waals surface area contributed by atoms with Gasteiger partial charge in [-0.15, -0.1) is 0 Å². The summed E-state index contributed by atoms with van der Waals surface area (Å²) in [6, 6.07) is 16.4. The van der Waals surface area contributed by atoms with Gasteiger partial charge in [0, 0.05) is 38.3 Å². The van der Waals surface area contributed by atoms with E-state index in [1.54, 1.807) is 6.26 Å². The second kappa shape index (κ2) is 9.73. The maximum absolute atomic E-state index is 5.52. The van der Waals surface area contributed by atoms with Crippen molar-refractivity contribution in [2.45, 2.75) is 50.7 Å². The van der Waals surface area contributed by atoms with Crippen LogP contribution in [0.2, 0.25) is 0 Å². The molecule has 0 spiro atoms. The summed E-state index contributed by atoms with van der Waals surface area (Å²) in [5, 5.41) is 0. The maximum atomic E-state index is 5.52. The number of nitrogens with zero attached hydrogens (tertiary/aromatic N) is 3. The molecule has 4 nitrogen and oxygen atoms in total. The summed E-state index contributed by atoms with van der Waals surface area (Å²) in [6.07, 6.45) is 8.21. The van der Waals surface area contributed by atoms with E-state index in [0.717, 1.165) is 31.3 Å². The average Bonchev–Trinajstić information content (AvgIpc) is 3.26. The standard InChI is InChI=1S/C24H35N3O/c1-25(15-11-21-7-3-2-4-8-21)23-9-5-14-27(19-23)22-12-16-26(17-13-22)20-24-10-6-18-28-24/h2-4,6-8,10,18,22-23H,5,9,11-17,19-20H2,1H3. The van der Waals surface area contributed by atoms with E-state index in [4.69, 9.17) is 4.42 Å². The molecule has 2 aliphatic heterocycles.